The molecule has 5 nitrogen and oxygen atoms in total. The molecular formula is C14H15ClN4O. The van der Waals surface area contributed by atoms with Gasteiger partial charge in [0.2, 0.25) is 0 Å². The quantitative estimate of drug-likeness (QED) is 0.662. The van der Waals surface area contributed by atoms with Gasteiger partial charge in [-0.3, -0.25) is 0 Å². The van der Waals surface area contributed by atoms with Crippen molar-refractivity contribution in [1.29, 1.82) is 0 Å². The number of aromatic nitrogens is 1. The summed E-state index contributed by atoms with van der Waals surface area (Å²) in [5.41, 5.74) is 11.1. The van der Waals surface area contributed by atoms with Gasteiger partial charge in [0.25, 0.3) is 0 Å². The van der Waals surface area contributed by atoms with Gasteiger partial charge in [-0.05, 0) is 38.1 Å². The summed E-state index contributed by atoms with van der Waals surface area (Å²) < 4.78 is 2.07. The number of halogens is 1. The van der Waals surface area contributed by atoms with Gasteiger partial charge in [0.05, 0.1) is 6.21 Å². The van der Waals surface area contributed by atoms with E-state index in [4.69, 9.17) is 17.3 Å². The van der Waals surface area contributed by atoms with E-state index in [0.29, 0.717) is 5.02 Å². The number of nitrogens with two attached hydrogens (primary N) is 1. The fourth-order valence-corrected chi connectivity index (χ4v) is 2.28. The van der Waals surface area contributed by atoms with Gasteiger partial charge in [0, 0.05) is 27.7 Å². The molecule has 0 aliphatic heterocycles. The standard InChI is InChI=1S/C14H15ClN4O/c1-9-6-11(8-17-18-14(16)20)10(2)19(9)13-5-3-4-12(15)7-13/h3-8H,1-2H3,(H3,16,18,20)/b17-8-. The molecule has 2 rings (SSSR count). The van der Waals surface area contributed by atoms with Gasteiger partial charge in [-0.1, -0.05) is 17.7 Å². The van der Waals surface area contributed by atoms with Gasteiger partial charge >= 0.3 is 6.03 Å². The molecule has 0 aliphatic rings. The molecule has 20 heavy (non-hydrogen) atoms. The molecule has 0 radical (unpaired) electrons. The number of nitrogens with one attached hydrogen (secondary N) is 1. The number of nitrogens with zero attached hydrogens (tertiary/aromatic N) is 2. The fourth-order valence-electron chi connectivity index (χ4n) is 2.10. The van der Waals surface area contributed by atoms with Crippen molar-refractivity contribution in [1.82, 2.24) is 9.99 Å². The summed E-state index contributed by atoms with van der Waals surface area (Å²) in [5, 5.41) is 4.46. The Hall–Kier alpha value is -2.27. The summed E-state index contributed by atoms with van der Waals surface area (Å²) in [6.07, 6.45) is 1.56. The van der Waals surface area contributed by atoms with Gasteiger partial charge in [0.15, 0.2) is 0 Å². The molecule has 2 aromatic rings. The van der Waals surface area contributed by atoms with Crippen LogP contribution in [0.25, 0.3) is 5.69 Å². The molecule has 0 saturated carbocycles. The highest BCUT2D eigenvalue weighted by Gasteiger charge is 2.09. The molecule has 1 aromatic carbocycles. The summed E-state index contributed by atoms with van der Waals surface area (Å²) in [4.78, 5) is 10.6. The van der Waals surface area contributed by atoms with Crippen LogP contribution >= 0.6 is 11.6 Å². The lowest BCUT2D eigenvalue weighted by molar-refractivity contribution is 0.249. The van der Waals surface area contributed by atoms with Crippen LogP contribution in [0.5, 0.6) is 0 Å². The van der Waals surface area contributed by atoms with E-state index in [0.717, 1.165) is 22.6 Å². The molecular weight excluding hydrogens is 276 g/mol. The van der Waals surface area contributed by atoms with Crippen LogP contribution in [0.1, 0.15) is 17.0 Å². The lowest BCUT2D eigenvalue weighted by atomic mass is 10.2. The van der Waals surface area contributed by atoms with Crippen LogP contribution in [0.2, 0.25) is 5.02 Å². The van der Waals surface area contributed by atoms with Crippen LogP contribution in [0.4, 0.5) is 4.79 Å². The lowest BCUT2D eigenvalue weighted by Gasteiger charge is -2.09. The fraction of sp³-hybridized carbons (Fsp3) is 0.143. The largest absolute Gasteiger partial charge is 0.350 e. The molecule has 6 heteroatoms. The first-order chi connectivity index (χ1) is 9.49. The minimum atomic E-state index is -0.690. The summed E-state index contributed by atoms with van der Waals surface area (Å²) >= 11 is 6.02. The second kappa shape index (κ2) is 5.79. The summed E-state index contributed by atoms with van der Waals surface area (Å²) in [6, 6.07) is 8.89. The van der Waals surface area contributed by atoms with Crippen molar-refractivity contribution in [3.05, 3.63) is 52.3 Å². The van der Waals surface area contributed by atoms with Crippen LogP contribution in [0.15, 0.2) is 35.4 Å². The Balaban J connectivity index is 2.39. The van der Waals surface area contributed by atoms with Crippen LogP contribution in [-0.2, 0) is 0 Å². The average molecular weight is 291 g/mol. The Morgan fingerprint density at radius 1 is 1.40 bits per heavy atom. The minimum Gasteiger partial charge on any atom is -0.350 e. The number of benzene rings is 1. The highest BCUT2D eigenvalue weighted by atomic mass is 35.5. The SMILES string of the molecule is Cc1cc(/C=N\NC(N)=O)c(C)n1-c1cccc(Cl)c1. The van der Waals surface area contributed by atoms with E-state index in [1.165, 1.54) is 0 Å². The first-order valence-electron chi connectivity index (χ1n) is 6.02. The molecule has 0 unspecified atom stereocenters. The zero-order chi connectivity index (χ0) is 14.7. The Bertz CT molecular complexity index is 676. The number of urea groups is 1. The molecule has 104 valence electrons. The molecule has 1 heterocycles. The van der Waals surface area contributed by atoms with Crippen LogP contribution < -0.4 is 11.2 Å². The molecule has 2 amide bonds. The van der Waals surface area contributed by atoms with E-state index in [9.17, 15) is 4.79 Å². The first-order valence-corrected chi connectivity index (χ1v) is 6.40. The van der Waals surface area contributed by atoms with E-state index in [1.54, 1.807) is 6.21 Å². The summed E-state index contributed by atoms with van der Waals surface area (Å²) in [7, 11) is 0. The smallest absolute Gasteiger partial charge is 0.332 e. The maximum Gasteiger partial charge on any atom is 0.332 e. The maximum atomic E-state index is 10.6. The number of hydrazone groups is 1. The monoisotopic (exact) mass is 290 g/mol. The highest BCUT2D eigenvalue weighted by Crippen LogP contribution is 2.22. The van der Waals surface area contributed by atoms with Crippen molar-refractivity contribution in [2.45, 2.75) is 13.8 Å². The zero-order valence-electron chi connectivity index (χ0n) is 11.2. The van der Waals surface area contributed by atoms with Crippen LogP contribution in [0, 0.1) is 13.8 Å². The lowest BCUT2D eigenvalue weighted by Crippen LogP contribution is -2.24. The third kappa shape index (κ3) is 3.00. The molecule has 0 spiro atoms. The van der Waals surface area contributed by atoms with Gasteiger partial charge in [0.1, 0.15) is 0 Å². The van der Waals surface area contributed by atoms with Crippen LogP contribution in [0.3, 0.4) is 0 Å². The second-order valence-electron chi connectivity index (χ2n) is 4.38. The van der Waals surface area contributed by atoms with E-state index in [-0.39, 0.29) is 0 Å². The predicted octanol–water partition coefficient (Wildman–Crippen LogP) is 2.75. The van der Waals surface area contributed by atoms with Gasteiger partial charge in [-0.15, -0.1) is 0 Å². The Morgan fingerprint density at radius 2 is 2.15 bits per heavy atom. The zero-order valence-corrected chi connectivity index (χ0v) is 12.0. The van der Waals surface area contributed by atoms with Crippen molar-refractivity contribution in [2.75, 3.05) is 0 Å². The average Bonchev–Trinajstić information content (AvgIpc) is 2.64. The van der Waals surface area contributed by atoms with Crippen LogP contribution in [-0.4, -0.2) is 16.8 Å². The number of hydrogen-bond acceptors (Lipinski definition) is 2. The second-order valence-corrected chi connectivity index (χ2v) is 4.81. The molecule has 0 bridgehead atoms. The van der Waals surface area contributed by atoms with Gasteiger partial charge < -0.3 is 10.3 Å². The third-order valence-electron chi connectivity index (χ3n) is 2.92. The van der Waals surface area contributed by atoms with Gasteiger partial charge in [-0.2, -0.15) is 5.10 Å². The van der Waals surface area contributed by atoms with Crippen molar-refractivity contribution in [2.24, 2.45) is 10.8 Å². The Morgan fingerprint density at radius 3 is 2.80 bits per heavy atom. The maximum absolute atomic E-state index is 10.6. The molecule has 3 N–H and O–H groups in total. The number of carbonyl (C=O) groups excluding carboxylic acids is 1. The number of carbonyl (C=O) groups is 1. The third-order valence-corrected chi connectivity index (χ3v) is 3.15. The molecule has 0 saturated heterocycles. The molecule has 0 atom stereocenters. The van der Waals surface area contributed by atoms with E-state index in [1.807, 2.05) is 44.2 Å². The number of aryl methyl sites for hydroxylation is 1. The number of primary amides is 1. The highest BCUT2D eigenvalue weighted by molar-refractivity contribution is 6.30. The number of hydrogen-bond donors (Lipinski definition) is 2. The molecule has 1 aromatic heterocycles. The van der Waals surface area contributed by atoms with Crippen molar-refractivity contribution >= 4 is 23.8 Å². The number of rotatable bonds is 3. The van der Waals surface area contributed by atoms with E-state index in [2.05, 4.69) is 15.1 Å². The molecule has 0 fully saturated rings. The van der Waals surface area contributed by atoms with Gasteiger partial charge in [-0.25, -0.2) is 10.2 Å². The topological polar surface area (TPSA) is 72.4 Å². The number of amides is 2. The minimum absolute atomic E-state index is 0.681. The molecule has 0 aliphatic carbocycles. The van der Waals surface area contributed by atoms with E-state index >= 15 is 0 Å². The van der Waals surface area contributed by atoms with E-state index < -0.39 is 6.03 Å². The normalized spacial score (nSPS) is 10.9. The van der Waals surface area contributed by atoms with Crippen molar-refractivity contribution < 1.29 is 4.79 Å². The van der Waals surface area contributed by atoms with Crippen molar-refractivity contribution in [3.63, 3.8) is 0 Å². The predicted molar refractivity (Wildman–Crippen MR) is 80.6 cm³/mol. The summed E-state index contributed by atoms with van der Waals surface area (Å²) in [5.74, 6) is 0. The first kappa shape index (κ1) is 14.1. The Kier molecular flexibility index (Phi) is 4.10. The Labute approximate surface area is 122 Å². The van der Waals surface area contributed by atoms with Crippen molar-refractivity contribution in [3.8, 4) is 5.69 Å². The summed E-state index contributed by atoms with van der Waals surface area (Å²) in [6.45, 7) is 3.96.